The first-order chi connectivity index (χ1) is 14.5. The second-order valence-corrected chi connectivity index (χ2v) is 8.07. The van der Waals surface area contributed by atoms with Gasteiger partial charge in [0, 0.05) is 55.2 Å². The molecule has 1 saturated heterocycles. The van der Waals surface area contributed by atoms with Crippen LogP contribution in [0.2, 0.25) is 10.0 Å². The number of halogens is 4. The molecule has 9 heteroatoms. The Morgan fingerprint density at radius 3 is 2.61 bits per heavy atom. The highest BCUT2D eigenvalue weighted by Crippen LogP contribution is 2.23. The van der Waals surface area contributed by atoms with Gasteiger partial charge in [0.15, 0.2) is 5.82 Å². The van der Waals surface area contributed by atoms with Crippen molar-refractivity contribution in [1.82, 2.24) is 19.7 Å². The van der Waals surface area contributed by atoms with Crippen LogP contribution in [0.1, 0.15) is 11.3 Å². The third-order valence-electron chi connectivity index (χ3n) is 5.23. The van der Waals surface area contributed by atoms with Crippen LogP contribution in [-0.4, -0.2) is 52.4 Å². The lowest BCUT2D eigenvalue weighted by Crippen LogP contribution is -2.46. The van der Waals surface area contributed by atoms with Crippen LogP contribution in [-0.2, 0) is 0 Å². The van der Waals surface area contributed by atoms with E-state index >= 15 is 0 Å². The third kappa shape index (κ3) is 5.57. The minimum Gasteiger partial charge on any atom is -0.369 e. The van der Waals surface area contributed by atoms with Crippen LogP contribution in [0.4, 0.5) is 10.1 Å². The Balaban J connectivity index is 0.00000272. The maximum atomic E-state index is 13.6. The molecule has 4 rings (SSSR count). The maximum absolute atomic E-state index is 13.6. The first-order valence-electron chi connectivity index (χ1n) is 9.77. The number of aromatic nitrogens is 3. The van der Waals surface area contributed by atoms with Crippen LogP contribution in [0, 0.1) is 12.7 Å². The van der Waals surface area contributed by atoms with Crippen molar-refractivity contribution in [3.05, 3.63) is 75.9 Å². The molecule has 31 heavy (non-hydrogen) atoms. The Kier molecular flexibility index (Phi) is 7.94. The van der Waals surface area contributed by atoms with Gasteiger partial charge in [-0.1, -0.05) is 35.4 Å². The molecule has 0 saturated carbocycles. The Bertz CT molecular complexity index is 1040. The quantitative estimate of drug-likeness (QED) is 0.496. The van der Waals surface area contributed by atoms with Gasteiger partial charge in [-0.15, -0.1) is 12.4 Å². The maximum Gasteiger partial charge on any atom is 0.172 e. The zero-order chi connectivity index (χ0) is 21.1. The van der Waals surface area contributed by atoms with Gasteiger partial charge in [0.2, 0.25) is 0 Å². The Morgan fingerprint density at radius 1 is 1.13 bits per heavy atom. The number of anilines is 1. The molecule has 0 unspecified atom stereocenters. The molecule has 1 aromatic carbocycles. The smallest absolute Gasteiger partial charge is 0.172 e. The van der Waals surface area contributed by atoms with Crippen molar-refractivity contribution in [2.75, 3.05) is 37.6 Å². The van der Waals surface area contributed by atoms with Gasteiger partial charge >= 0.3 is 0 Å². The van der Waals surface area contributed by atoms with Gasteiger partial charge in [-0.25, -0.2) is 14.1 Å². The summed E-state index contributed by atoms with van der Waals surface area (Å²) >= 11 is 12.2. The average Bonchev–Trinajstić information content (AvgIpc) is 3.08. The van der Waals surface area contributed by atoms with Gasteiger partial charge in [0.25, 0.3) is 0 Å². The molecule has 0 bridgehead atoms. The van der Waals surface area contributed by atoms with E-state index in [1.54, 1.807) is 23.0 Å². The SMILES string of the molecule is Cc1c(C=CCN2CCN(c3cc(F)cc(Cl)c3)CC2)cnn1-c1ncccc1Cl.Cl. The summed E-state index contributed by atoms with van der Waals surface area (Å²) in [6.45, 7) is 6.32. The largest absolute Gasteiger partial charge is 0.369 e. The highest BCUT2D eigenvalue weighted by Gasteiger charge is 2.17. The molecule has 0 amide bonds. The van der Waals surface area contributed by atoms with Crippen molar-refractivity contribution >= 4 is 47.4 Å². The van der Waals surface area contributed by atoms with Crippen LogP contribution in [0.5, 0.6) is 0 Å². The molecule has 1 fully saturated rings. The number of hydrogen-bond donors (Lipinski definition) is 0. The molecule has 164 valence electrons. The summed E-state index contributed by atoms with van der Waals surface area (Å²) in [5, 5.41) is 5.42. The van der Waals surface area contributed by atoms with Crippen molar-refractivity contribution in [3.8, 4) is 5.82 Å². The number of rotatable bonds is 5. The molecule has 0 radical (unpaired) electrons. The fourth-order valence-corrected chi connectivity index (χ4v) is 3.99. The molecule has 0 atom stereocenters. The Labute approximate surface area is 197 Å². The lowest BCUT2D eigenvalue weighted by Gasteiger charge is -2.35. The van der Waals surface area contributed by atoms with Crippen molar-refractivity contribution in [2.45, 2.75) is 6.92 Å². The summed E-state index contributed by atoms with van der Waals surface area (Å²) in [6.07, 6.45) is 7.75. The van der Waals surface area contributed by atoms with E-state index in [0.717, 1.165) is 49.7 Å². The van der Waals surface area contributed by atoms with Crippen molar-refractivity contribution in [3.63, 3.8) is 0 Å². The van der Waals surface area contributed by atoms with Crippen LogP contribution in [0.15, 0.2) is 48.8 Å². The number of hydrogen-bond acceptors (Lipinski definition) is 4. The van der Waals surface area contributed by atoms with E-state index in [4.69, 9.17) is 23.2 Å². The molecule has 0 aliphatic carbocycles. The molecular formula is C22H23Cl3FN5. The average molecular weight is 483 g/mol. The van der Waals surface area contributed by atoms with Gasteiger partial charge in [-0.3, -0.25) is 4.90 Å². The zero-order valence-corrected chi connectivity index (χ0v) is 19.3. The van der Waals surface area contributed by atoms with E-state index in [0.29, 0.717) is 15.9 Å². The predicted octanol–water partition coefficient (Wildman–Crippen LogP) is 5.28. The molecule has 1 aliphatic heterocycles. The number of piperazine rings is 1. The molecule has 1 aliphatic rings. The van der Waals surface area contributed by atoms with E-state index in [1.807, 2.05) is 19.2 Å². The number of nitrogens with zero attached hydrogens (tertiary/aromatic N) is 5. The van der Waals surface area contributed by atoms with Crippen LogP contribution < -0.4 is 4.90 Å². The van der Waals surface area contributed by atoms with E-state index in [-0.39, 0.29) is 18.2 Å². The van der Waals surface area contributed by atoms with E-state index in [1.165, 1.54) is 12.1 Å². The van der Waals surface area contributed by atoms with Crippen molar-refractivity contribution in [1.29, 1.82) is 0 Å². The highest BCUT2D eigenvalue weighted by molar-refractivity contribution is 6.32. The molecule has 0 N–H and O–H groups in total. The lowest BCUT2D eigenvalue weighted by molar-refractivity contribution is 0.284. The molecule has 3 heterocycles. The van der Waals surface area contributed by atoms with Gasteiger partial charge in [0.1, 0.15) is 5.82 Å². The third-order valence-corrected chi connectivity index (χ3v) is 5.75. The molecule has 2 aromatic heterocycles. The number of pyridine rings is 1. The van der Waals surface area contributed by atoms with Crippen LogP contribution in [0.3, 0.4) is 0 Å². The fourth-order valence-electron chi connectivity index (χ4n) is 3.57. The summed E-state index contributed by atoms with van der Waals surface area (Å²) in [7, 11) is 0. The second-order valence-electron chi connectivity index (χ2n) is 7.22. The summed E-state index contributed by atoms with van der Waals surface area (Å²) in [5.41, 5.74) is 2.86. The second kappa shape index (κ2) is 10.5. The minimum absolute atomic E-state index is 0. The first-order valence-corrected chi connectivity index (χ1v) is 10.5. The van der Waals surface area contributed by atoms with Crippen LogP contribution >= 0.6 is 35.6 Å². The fraction of sp³-hybridized carbons (Fsp3) is 0.273. The standard InChI is InChI=1S/C22H22Cl2FN5.ClH/c1-16-17(15-27-30(16)22-21(24)5-2-6-26-22)4-3-7-28-8-10-29(11-9-28)20-13-18(23)12-19(25)14-20;/h2-6,12-15H,7-11H2,1H3;1H. The van der Waals surface area contributed by atoms with E-state index in [9.17, 15) is 4.39 Å². The van der Waals surface area contributed by atoms with Crippen molar-refractivity contribution < 1.29 is 4.39 Å². The summed E-state index contributed by atoms with van der Waals surface area (Å²) in [5.74, 6) is 0.329. The minimum atomic E-state index is -0.300. The molecular weight excluding hydrogens is 460 g/mol. The van der Waals surface area contributed by atoms with Crippen LogP contribution in [0.25, 0.3) is 11.9 Å². The van der Waals surface area contributed by atoms with Gasteiger partial charge in [-0.05, 0) is 37.3 Å². The monoisotopic (exact) mass is 481 g/mol. The predicted molar refractivity (Wildman–Crippen MR) is 127 cm³/mol. The van der Waals surface area contributed by atoms with E-state index in [2.05, 4.69) is 32.0 Å². The Morgan fingerprint density at radius 2 is 1.90 bits per heavy atom. The Hall–Kier alpha value is -2.12. The number of benzene rings is 1. The molecule has 0 spiro atoms. The summed E-state index contributed by atoms with van der Waals surface area (Å²) < 4.78 is 15.4. The molecule has 5 nitrogen and oxygen atoms in total. The first kappa shape index (κ1) is 23.5. The molecule has 3 aromatic rings. The normalized spacial score (nSPS) is 14.8. The summed E-state index contributed by atoms with van der Waals surface area (Å²) in [4.78, 5) is 8.85. The van der Waals surface area contributed by atoms with Gasteiger partial charge in [0.05, 0.1) is 16.9 Å². The topological polar surface area (TPSA) is 37.2 Å². The highest BCUT2D eigenvalue weighted by atomic mass is 35.5. The van der Waals surface area contributed by atoms with Gasteiger partial charge in [-0.2, -0.15) is 5.10 Å². The summed E-state index contributed by atoms with van der Waals surface area (Å²) in [6, 6.07) is 8.29. The zero-order valence-electron chi connectivity index (χ0n) is 17.0. The van der Waals surface area contributed by atoms with Gasteiger partial charge < -0.3 is 4.90 Å². The van der Waals surface area contributed by atoms with E-state index < -0.39 is 0 Å². The lowest BCUT2D eigenvalue weighted by atomic mass is 10.2. The van der Waals surface area contributed by atoms with Crippen molar-refractivity contribution in [2.24, 2.45) is 0 Å².